The fourth-order valence-corrected chi connectivity index (χ4v) is 1.97. The van der Waals surface area contributed by atoms with Crippen molar-refractivity contribution in [3.05, 3.63) is 29.8 Å². The number of rotatable bonds is 1. The lowest BCUT2D eigenvalue weighted by Crippen LogP contribution is -2.15. The zero-order valence-electron chi connectivity index (χ0n) is 7.51. The Labute approximate surface area is 73.8 Å². The van der Waals surface area contributed by atoms with Gasteiger partial charge in [0.25, 0.3) is 0 Å². The topological polar surface area (TPSA) is 12.0 Å². The molecule has 0 saturated carbocycles. The minimum Gasteiger partial charge on any atom is -0.385 e. The van der Waals surface area contributed by atoms with Gasteiger partial charge in [-0.05, 0) is 30.4 Å². The normalized spacial score (nSPS) is 21.2. The standard InChI is InChI=1S/C11H15N/c1-2-9-7-8-12-11-6-4-3-5-10(9)11/h3-6,9,12H,2,7-8H2,1H3. The SMILES string of the molecule is CCC1CCNc2ccccc21. The Balaban J connectivity index is 2.37. The van der Waals surface area contributed by atoms with Gasteiger partial charge in [-0.1, -0.05) is 25.1 Å². The van der Waals surface area contributed by atoms with Crippen molar-refractivity contribution in [3.63, 3.8) is 0 Å². The largest absolute Gasteiger partial charge is 0.385 e. The maximum Gasteiger partial charge on any atom is 0.0375 e. The molecule has 12 heavy (non-hydrogen) atoms. The minimum atomic E-state index is 0.780. The number of hydrogen-bond donors (Lipinski definition) is 1. The zero-order valence-corrected chi connectivity index (χ0v) is 7.51. The highest BCUT2D eigenvalue weighted by molar-refractivity contribution is 5.54. The van der Waals surface area contributed by atoms with Gasteiger partial charge in [0.1, 0.15) is 0 Å². The van der Waals surface area contributed by atoms with E-state index >= 15 is 0 Å². The number of benzene rings is 1. The van der Waals surface area contributed by atoms with Gasteiger partial charge in [-0.3, -0.25) is 0 Å². The first-order valence-electron chi connectivity index (χ1n) is 4.74. The van der Waals surface area contributed by atoms with Gasteiger partial charge in [-0.2, -0.15) is 0 Å². The average Bonchev–Trinajstić information content (AvgIpc) is 2.17. The second kappa shape index (κ2) is 3.18. The number of anilines is 1. The maximum absolute atomic E-state index is 3.43. The summed E-state index contributed by atoms with van der Waals surface area (Å²) in [7, 11) is 0. The Morgan fingerprint density at radius 1 is 1.42 bits per heavy atom. The van der Waals surface area contributed by atoms with Crippen LogP contribution < -0.4 is 5.32 Å². The quantitative estimate of drug-likeness (QED) is 0.667. The number of nitrogens with one attached hydrogen (secondary N) is 1. The first-order chi connectivity index (χ1) is 5.92. The lowest BCUT2D eigenvalue weighted by atomic mass is 9.89. The van der Waals surface area contributed by atoms with Gasteiger partial charge in [0.05, 0.1) is 0 Å². The van der Waals surface area contributed by atoms with Crippen LogP contribution in [0.5, 0.6) is 0 Å². The molecule has 1 N–H and O–H groups in total. The number of fused-ring (bicyclic) bond motifs is 1. The molecule has 0 spiro atoms. The van der Waals surface area contributed by atoms with Crippen molar-refractivity contribution in [2.75, 3.05) is 11.9 Å². The molecule has 0 bridgehead atoms. The van der Waals surface area contributed by atoms with E-state index in [2.05, 4.69) is 36.5 Å². The van der Waals surface area contributed by atoms with E-state index in [4.69, 9.17) is 0 Å². The van der Waals surface area contributed by atoms with E-state index in [1.807, 2.05) is 0 Å². The summed E-state index contributed by atoms with van der Waals surface area (Å²) in [6.07, 6.45) is 2.55. The van der Waals surface area contributed by atoms with E-state index in [1.54, 1.807) is 0 Å². The monoisotopic (exact) mass is 161 g/mol. The smallest absolute Gasteiger partial charge is 0.0375 e. The van der Waals surface area contributed by atoms with Crippen LogP contribution in [0.3, 0.4) is 0 Å². The average molecular weight is 161 g/mol. The van der Waals surface area contributed by atoms with Crippen molar-refractivity contribution in [3.8, 4) is 0 Å². The molecule has 1 heteroatoms. The van der Waals surface area contributed by atoms with Crippen LogP contribution in [-0.4, -0.2) is 6.54 Å². The molecule has 2 rings (SSSR count). The highest BCUT2D eigenvalue weighted by Crippen LogP contribution is 2.32. The Hall–Kier alpha value is -0.980. The third-order valence-corrected chi connectivity index (χ3v) is 2.70. The van der Waals surface area contributed by atoms with E-state index in [9.17, 15) is 0 Å². The van der Waals surface area contributed by atoms with E-state index in [0.29, 0.717) is 0 Å². The summed E-state index contributed by atoms with van der Waals surface area (Å²) >= 11 is 0. The van der Waals surface area contributed by atoms with E-state index < -0.39 is 0 Å². The first kappa shape index (κ1) is 7.66. The molecule has 1 aromatic carbocycles. The Morgan fingerprint density at radius 2 is 2.25 bits per heavy atom. The van der Waals surface area contributed by atoms with Gasteiger partial charge in [0, 0.05) is 12.2 Å². The summed E-state index contributed by atoms with van der Waals surface area (Å²) in [4.78, 5) is 0. The summed E-state index contributed by atoms with van der Waals surface area (Å²) in [5, 5.41) is 3.43. The van der Waals surface area contributed by atoms with Gasteiger partial charge in [-0.25, -0.2) is 0 Å². The Kier molecular flexibility index (Phi) is 2.03. The van der Waals surface area contributed by atoms with Crippen molar-refractivity contribution in [2.24, 2.45) is 0 Å². The summed E-state index contributed by atoms with van der Waals surface area (Å²) < 4.78 is 0. The van der Waals surface area contributed by atoms with Crippen molar-refractivity contribution in [1.82, 2.24) is 0 Å². The second-order valence-corrected chi connectivity index (χ2v) is 3.41. The molecule has 64 valence electrons. The fraction of sp³-hybridized carbons (Fsp3) is 0.455. The van der Waals surface area contributed by atoms with Gasteiger partial charge >= 0.3 is 0 Å². The molecule has 1 atom stereocenters. The van der Waals surface area contributed by atoms with E-state index in [0.717, 1.165) is 12.5 Å². The first-order valence-corrected chi connectivity index (χ1v) is 4.74. The molecule has 1 nitrogen and oxygen atoms in total. The van der Waals surface area contributed by atoms with Crippen LogP contribution in [0.25, 0.3) is 0 Å². The molecular weight excluding hydrogens is 146 g/mol. The Bertz CT molecular complexity index is 267. The molecule has 0 radical (unpaired) electrons. The predicted molar refractivity (Wildman–Crippen MR) is 52.6 cm³/mol. The van der Waals surface area contributed by atoms with Crippen molar-refractivity contribution in [1.29, 1.82) is 0 Å². The predicted octanol–water partition coefficient (Wildman–Crippen LogP) is 3.00. The molecule has 1 aromatic rings. The Morgan fingerprint density at radius 3 is 3.08 bits per heavy atom. The summed E-state index contributed by atoms with van der Waals surface area (Å²) in [5.74, 6) is 0.780. The van der Waals surface area contributed by atoms with Gasteiger partial charge < -0.3 is 5.32 Å². The molecule has 0 aliphatic carbocycles. The lowest BCUT2D eigenvalue weighted by Gasteiger charge is -2.25. The second-order valence-electron chi connectivity index (χ2n) is 3.41. The molecule has 0 saturated heterocycles. The molecule has 1 heterocycles. The fourth-order valence-electron chi connectivity index (χ4n) is 1.97. The minimum absolute atomic E-state index is 0.780. The third-order valence-electron chi connectivity index (χ3n) is 2.70. The van der Waals surface area contributed by atoms with Crippen LogP contribution >= 0.6 is 0 Å². The summed E-state index contributed by atoms with van der Waals surface area (Å²) in [6.45, 7) is 3.41. The third kappa shape index (κ3) is 1.20. The number of para-hydroxylation sites is 1. The molecule has 0 amide bonds. The van der Waals surface area contributed by atoms with Crippen molar-refractivity contribution < 1.29 is 0 Å². The summed E-state index contributed by atoms with van der Waals surface area (Å²) in [5.41, 5.74) is 2.85. The van der Waals surface area contributed by atoms with Crippen LogP contribution in [-0.2, 0) is 0 Å². The van der Waals surface area contributed by atoms with Crippen LogP contribution in [0.4, 0.5) is 5.69 Å². The summed E-state index contributed by atoms with van der Waals surface area (Å²) in [6, 6.07) is 8.66. The molecular formula is C11H15N. The molecule has 1 aliphatic heterocycles. The van der Waals surface area contributed by atoms with Crippen molar-refractivity contribution >= 4 is 5.69 Å². The van der Waals surface area contributed by atoms with Crippen molar-refractivity contribution in [2.45, 2.75) is 25.7 Å². The van der Waals surface area contributed by atoms with Crippen LogP contribution in [0.1, 0.15) is 31.2 Å². The van der Waals surface area contributed by atoms with Crippen LogP contribution in [0.15, 0.2) is 24.3 Å². The number of hydrogen-bond acceptors (Lipinski definition) is 1. The molecule has 0 fully saturated rings. The van der Waals surface area contributed by atoms with Gasteiger partial charge in [0.2, 0.25) is 0 Å². The van der Waals surface area contributed by atoms with E-state index in [-0.39, 0.29) is 0 Å². The molecule has 1 unspecified atom stereocenters. The van der Waals surface area contributed by atoms with Crippen LogP contribution in [0.2, 0.25) is 0 Å². The molecule has 1 aliphatic rings. The van der Waals surface area contributed by atoms with E-state index in [1.165, 1.54) is 24.1 Å². The van der Waals surface area contributed by atoms with Gasteiger partial charge in [-0.15, -0.1) is 0 Å². The zero-order chi connectivity index (χ0) is 8.39. The van der Waals surface area contributed by atoms with Gasteiger partial charge in [0.15, 0.2) is 0 Å². The lowest BCUT2D eigenvalue weighted by molar-refractivity contribution is 0.608. The van der Waals surface area contributed by atoms with Crippen LogP contribution in [0, 0.1) is 0 Å². The highest BCUT2D eigenvalue weighted by atomic mass is 14.9. The molecule has 0 aromatic heterocycles. The maximum atomic E-state index is 3.43. The highest BCUT2D eigenvalue weighted by Gasteiger charge is 2.16.